The van der Waals surface area contributed by atoms with Crippen molar-refractivity contribution >= 4 is 33.4 Å². The lowest BCUT2D eigenvalue weighted by atomic mass is 10.1. The second-order valence-corrected chi connectivity index (χ2v) is 7.47. The van der Waals surface area contributed by atoms with E-state index in [-0.39, 0.29) is 6.54 Å². The smallest absolute Gasteiger partial charge is 0.325 e. The van der Waals surface area contributed by atoms with Crippen LogP contribution in [0.5, 0.6) is 11.5 Å². The van der Waals surface area contributed by atoms with E-state index in [4.69, 9.17) is 14.2 Å². The Morgan fingerprint density at radius 1 is 1.00 bits per heavy atom. The second-order valence-electron chi connectivity index (χ2n) is 6.50. The molecule has 2 aromatic carbocycles. The Bertz CT molecular complexity index is 1140. The number of thiazole rings is 1. The van der Waals surface area contributed by atoms with Gasteiger partial charge in [-0.25, -0.2) is 0 Å². The number of rotatable bonds is 5. The van der Waals surface area contributed by atoms with Gasteiger partial charge < -0.3 is 18.8 Å². The number of nitrogens with zero attached hydrogens (tertiary/aromatic N) is 2. The van der Waals surface area contributed by atoms with Gasteiger partial charge in [-0.15, -0.1) is 0 Å². The number of fused-ring (bicyclic) bond motifs is 1. The molecular formula is C21H22N2O5S. The molecule has 29 heavy (non-hydrogen) atoms. The molecule has 1 aromatic heterocycles. The quantitative estimate of drug-likeness (QED) is 0.599. The van der Waals surface area contributed by atoms with Crippen LogP contribution >= 0.6 is 11.3 Å². The first-order chi connectivity index (χ1) is 13.9. The molecule has 3 rings (SSSR count). The van der Waals surface area contributed by atoms with Crippen molar-refractivity contribution in [2.75, 3.05) is 21.3 Å². The van der Waals surface area contributed by atoms with Crippen LogP contribution in [0.3, 0.4) is 0 Å². The number of hydrogen-bond donors (Lipinski definition) is 0. The van der Waals surface area contributed by atoms with Crippen LogP contribution in [0, 0.1) is 13.8 Å². The van der Waals surface area contributed by atoms with Crippen LogP contribution in [0.1, 0.15) is 21.5 Å². The number of carbonyl (C=O) groups excluding carboxylic acids is 2. The first kappa shape index (κ1) is 20.6. The molecule has 0 N–H and O–H groups in total. The number of esters is 1. The van der Waals surface area contributed by atoms with Crippen LogP contribution < -0.4 is 14.3 Å². The molecule has 0 bridgehead atoms. The molecule has 0 saturated heterocycles. The minimum absolute atomic E-state index is 0.0348. The third-order valence-corrected chi connectivity index (χ3v) is 5.65. The molecule has 3 aromatic rings. The van der Waals surface area contributed by atoms with Crippen LogP contribution in [-0.4, -0.2) is 37.8 Å². The maximum atomic E-state index is 12.9. The maximum absolute atomic E-state index is 12.9. The zero-order chi connectivity index (χ0) is 21.1. The molecule has 0 unspecified atom stereocenters. The summed E-state index contributed by atoms with van der Waals surface area (Å²) in [6, 6.07) is 8.91. The van der Waals surface area contributed by atoms with Crippen LogP contribution in [0.4, 0.5) is 0 Å². The van der Waals surface area contributed by atoms with E-state index in [1.807, 2.05) is 19.9 Å². The van der Waals surface area contributed by atoms with E-state index in [9.17, 15) is 9.59 Å². The van der Waals surface area contributed by atoms with Crippen molar-refractivity contribution in [2.24, 2.45) is 4.99 Å². The third-order valence-electron chi connectivity index (χ3n) is 4.42. The van der Waals surface area contributed by atoms with E-state index in [1.54, 1.807) is 22.8 Å². The van der Waals surface area contributed by atoms with E-state index in [0.29, 0.717) is 21.9 Å². The van der Waals surface area contributed by atoms with E-state index in [0.717, 1.165) is 21.3 Å². The summed E-state index contributed by atoms with van der Waals surface area (Å²) in [5.74, 6) is 0.115. The highest BCUT2D eigenvalue weighted by molar-refractivity contribution is 7.16. The SMILES string of the molecule is COC(=O)Cn1c(=NC(=O)c2cc(OC)cc(OC)c2)sc2c(C)cc(C)cc21. The average Bonchev–Trinajstić information content (AvgIpc) is 3.04. The van der Waals surface area contributed by atoms with E-state index in [1.165, 1.54) is 32.7 Å². The Kier molecular flexibility index (Phi) is 6.03. The second kappa shape index (κ2) is 8.48. The van der Waals surface area contributed by atoms with Crippen molar-refractivity contribution < 1.29 is 23.8 Å². The first-order valence-corrected chi connectivity index (χ1v) is 9.67. The predicted octanol–water partition coefficient (Wildman–Crippen LogP) is 3.25. The molecule has 8 heteroatoms. The van der Waals surface area contributed by atoms with E-state index in [2.05, 4.69) is 11.1 Å². The van der Waals surface area contributed by atoms with Gasteiger partial charge in [0, 0.05) is 11.6 Å². The average molecular weight is 414 g/mol. The van der Waals surface area contributed by atoms with Crippen molar-refractivity contribution in [1.82, 2.24) is 4.57 Å². The molecule has 0 fully saturated rings. The molecule has 0 aliphatic rings. The lowest BCUT2D eigenvalue weighted by molar-refractivity contribution is -0.141. The summed E-state index contributed by atoms with van der Waals surface area (Å²) in [6.07, 6.45) is 0. The van der Waals surface area contributed by atoms with Gasteiger partial charge in [-0.1, -0.05) is 17.4 Å². The molecule has 0 aliphatic carbocycles. The molecule has 0 aliphatic heterocycles. The fourth-order valence-electron chi connectivity index (χ4n) is 3.03. The van der Waals surface area contributed by atoms with Crippen LogP contribution in [0.2, 0.25) is 0 Å². The van der Waals surface area contributed by atoms with Gasteiger partial charge in [0.2, 0.25) is 0 Å². The predicted molar refractivity (Wildman–Crippen MR) is 111 cm³/mol. The number of aryl methyl sites for hydroxylation is 2. The highest BCUT2D eigenvalue weighted by Crippen LogP contribution is 2.25. The summed E-state index contributed by atoms with van der Waals surface area (Å²) in [4.78, 5) is 29.6. The third kappa shape index (κ3) is 4.32. The number of carbonyl (C=O) groups is 2. The van der Waals surface area contributed by atoms with Crippen molar-refractivity contribution in [3.63, 3.8) is 0 Å². The topological polar surface area (TPSA) is 79.1 Å². The minimum atomic E-state index is -0.457. The number of ether oxygens (including phenoxy) is 3. The molecule has 1 heterocycles. The van der Waals surface area contributed by atoms with Crippen molar-refractivity contribution in [3.8, 4) is 11.5 Å². The van der Waals surface area contributed by atoms with Gasteiger partial charge in [0.15, 0.2) is 4.80 Å². The zero-order valence-corrected chi connectivity index (χ0v) is 17.8. The van der Waals surface area contributed by atoms with Crippen LogP contribution in [-0.2, 0) is 16.1 Å². The van der Waals surface area contributed by atoms with Gasteiger partial charge in [0.1, 0.15) is 18.0 Å². The Balaban J connectivity index is 2.19. The van der Waals surface area contributed by atoms with Crippen molar-refractivity contribution in [1.29, 1.82) is 0 Å². The maximum Gasteiger partial charge on any atom is 0.325 e. The fraction of sp³-hybridized carbons (Fsp3) is 0.286. The first-order valence-electron chi connectivity index (χ1n) is 8.85. The molecule has 1 amide bonds. The van der Waals surface area contributed by atoms with Crippen molar-refractivity contribution in [2.45, 2.75) is 20.4 Å². The van der Waals surface area contributed by atoms with E-state index < -0.39 is 11.9 Å². The molecule has 7 nitrogen and oxygen atoms in total. The van der Waals surface area contributed by atoms with Gasteiger partial charge in [-0.3, -0.25) is 9.59 Å². The molecular weight excluding hydrogens is 392 g/mol. The van der Waals surface area contributed by atoms with Gasteiger partial charge in [-0.2, -0.15) is 4.99 Å². The minimum Gasteiger partial charge on any atom is -0.497 e. The zero-order valence-electron chi connectivity index (χ0n) is 16.9. The monoisotopic (exact) mass is 414 g/mol. The van der Waals surface area contributed by atoms with Crippen molar-refractivity contribution in [3.05, 3.63) is 51.8 Å². The molecule has 0 saturated carbocycles. The van der Waals surface area contributed by atoms with E-state index >= 15 is 0 Å². The van der Waals surface area contributed by atoms with Gasteiger partial charge in [-0.05, 0) is 43.2 Å². The fourth-order valence-corrected chi connectivity index (χ4v) is 4.10. The molecule has 0 spiro atoms. The number of benzene rings is 2. The summed E-state index contributed by atoms with van der Waals surface area (Å²) in [7, 11) is 4.36. The summed E-state index contributed by atoms with van der Waals surface area (Å²) >= 11 is 1.36. The summed E-state index contributed by atoms with van der Waals surface area (Å²) in [5.41, 5.74) is 3.28. The Morgan fingerprint density at radius 3 is 2.24 bits per heavy atom. The highest BCUT2D eigenvalue weighted by Gasteiger charge is 2.15. The molecule has 152 valence electrons. The summed E-state index contributed by atoms with van der Waals surface area (Å²) in [6.45, 7) is 3.94. The number of amides is 1. The molecule has 0 radical (unpaired) electrons. The summed E-state index contributed by atoms with van der Waals surface area (Å²) < 4.78 is 18.0. The summed E-state index contributed by atoms with van der Waals surface area (Å²) in [5, 5.41) is 0. The normalized spacial score (nSPS) is 11.6. The Morgan fingerprint density at radius 2 is 1.66 bits per heavy atom. The van der Waals surface area contributed by atoms with Crippen LogP contribution in [0.25, 0.3) is 10.2 Å². The lowest BCUT2D eigenvalue weighted by Gasteiger charge is -2.07. The Labute approximate surface area is 172 Å². The molecule has 0 atom stereocenters. The number of hydrogen-bond acceptors (Lipinski definition) is 6. The van der Waals surface area contributed by atoms with Gasteiger partial charge >= 0.3 is 5.97 Å². The van der Waals surface area contributed by atoms with Gasteiger partial charge in [0.25, 0.3) is 5.91 Å². The Hall–Kier alpha value is -3.13. The van der Waals surface area contributed by atoms with Gasteiger partial charge in [0.05, 0.1) is 31.5 Å². The number of methoxy groups -OCH3 is 3. The lowest BCUT2D eigenvalue weighted by Crippen LogP contribution is -2.22. The highest BCUT2D eigenvalue weighted by atomic mass is 32.1. The largest absolute Gasteiger partial charge is 0.497 e. The standard InChI is InChI=1S/C21H22N2O5S/c1-12-6-13(2)19-17(7-12)23(11-18(24)28-5)21(29-19)22-20(25)14-8-15(26-3)10-16(9-14)27-4/h6-10H,11H2,1-5H3. The number of aromatic nitrogens is 1. The van der Waals surface area contributed by atoms with Crippen LogP contribution in [0.15, 0.2) is 35.3 Å².